The third-order valence-corrected chi connectivity index (χ3v) is 1.85. The Bertz CT molecular complexity index is 208. The summed E-state index contributed by atoms with van der Waals surface area (Å²) < 4.78 is 10.5. The van der Waals surface area contributed by atoms with Crippen molar-refractivity contribution in [2.75, 3.05) is 19.8 Å². The zero-order valence-corrected chi connectivity index (χ0v) is 9.94. The number of aliphatic hydroxyl groups is 1. The van der Waals surface area contributed by atoms with E-state index in [9.17, 15) is 4.79 Å². The Morgan fingerprint density at radius 1 is 1.62 bits per heavy atom. The van der Waals surface area contributed by atoms with Crippen molar-refractivity contribution in [3.8, 4) is 0 Å². The lowest BCUT2D eigenvalue weighted by Gasteiger charge is -2.20. The van der Waals surface area contributed by atoms with E-state index in [1.54, 1.807) is 13.0 Å². The molecule has 16 heavy (non-hydrogen) atoms. The Morgan fingerprint density at radius 2 is 2.31 bits per heavy atom. The molecule has 5 heteroatoms. The molecule has 5 nitrogen and oxygen atoms in total. The molecule has 0 bridgehead atoms. The molecule has 0 heterocycles. The first kappa shape index (κ1) is 15.1. The topological polar surface area (TPSA) is 67.8 Å². The Hall–Kier alpha value is -0.910. The second-order valence-corrected chi connectivity index (χ2v) is 3.26. The van der Waals surface area contributed by atoms with Crippen LogP contribution in [0.4, 0.5) is 0 Å². The Labute approximate surface area is 96.4 Å². The highest BCUT2D eigenvalue weighted by Gasteiger charge is 2.16. The van der Waals surface area contributed by atoms with Crippen LogP contribution in [0.3, 0.4) is 0 Å². The van der Waals surface area contributed by atoms with E-state index in [1.807, 2.05) is 6.92 Å². The van der Waals surface area contributed by atoms with E-state index in [-0.39, 0.29) is 18.9 Å². The second-order valence-electron chi connectivity index (χ2n) is 3.26. The monoisotopic (exact) mass is 231 g/mol. The standard InChI is InChI=1S/C11H21NO4/c1-4-6-12-11(14)7-10(8-13)16-9(3)15-5-2/h4,9-10,13H,1,5-8H2,2-3H3,(H,12,14)/t9?,10-/m0/s1. The Balaban J connectivity index is 3.89. The minimum absolute atomic E-state index is 0.113. The molecular formula is C11H21NO4. The minimum Gasteiger partial charge on any atom is -0.394 e. The van der Waals surface area contributed by atoms with Gasteiger partial charge in [-0.3, -0.25) is 4.79 Å². The van der Waals surface area contributed by atoms with Crippen LogP contribution in [-0.2, 0) is 14.3 Å². The van der Waals surface area contributed by atoms with Crippen LogP contribution in [0.15, 0.2) is 12.7 Å². The van der Waals surface area contributed by atoms with Gasteiger partial charge in [0.05, 0.1) is 19.1 Å². The van der Waals surface area contributed by atoms with Crippen LogP contribution in [0, 0.1) is 0 Å². The number of carbonyl (C=O) groups excluding carboxylic acids is 1. The lowest BCUT2D eigenvalue weighted by molar-refractivity contribution is -0.169. The van der Waals surface area contributed by atoms with Crippen molar-refractivity contribution in [1.82, 2.24) is 5.32 Å². The average molecular weight is 231 g/mol. The molecule has 1 unspecified atom stereocenters. The van der Waals surface area contributed by atoms with Gasteiger partial charge < -0.3 is 19.9 Å². The molecule has 0 rings (SSSR count). The highest BCUT2D eigenvalue weighted by atomic mass is 16.7. The van der Waals surface area contributed by atoms with Crippen LogP contribution in [0.25, 0.3) is 0 Å². The predicted octanol–water partition coefficient (Wildman–Crippen LogP) is 0.439. The molecule has 0 aliphatic rings. The SMILES string of the molecule is C=CCNC(=O)C[C@@H](CO)OC(C)OCC. The van der Waals surface area contributed by atoms with Crippen molar-refractivity contribution in [3.05, 3.63) is 12.7 Å². The molecule has 0 saturated carbocycles. The zero-order valence-electron chi connectivity index (χ0n) is 9.94. The van der Waals surface area contributed by atoms with Gasteiger partial charge in [-0.2, -0.15) is 0 Å². The first-order valence-corrected chi connectivity index (χ1v) is 5.39. The summed E-state index contributed by atoms with van der Waals surface area (Å²) in [5.41, 5.74) is 0. The summed E-state index contributed by atoms with van der Waals surface area (Å²) in [6.07, 6.45) is 0.748. The summed E-state index contributed by atoms with van der Waals surface area (Å²) in [7, 11) is 0. The third kappa shape index (κ3) is 7.39. The van der Waals surface area contributed by atoms with Crippen LogP contribution in [0.5, 0.6) is 0 Å². The van der Waals surface area contributed by atoms with Crippen LogP contribution in [0.2, 0.25) is 0 Å². The summed E-state index contributed by atoms with van der Waals surface area (Å²) in [5, 5.41) is 11.7. The van der Waals surface area contributed by atoms with Crippen molar-refractivity contribution in [2.24, 2.45) is 0 Å². The normalized spacial score (nSPS) is 14.2. The molecule has 0 aromatic heterocycles. The van der Waals surface area contributed by atoms with Crippen LogP contribution >= 0.6 is 0 Å². The van der Waals surface area contributed by atoms with E-state index >= 15 is 0 Å². The quantitative estimate of drug-likeness (QED) is 0.446. The van der Waals surface area contributed by atoms with Gasteiger partial charge in [0.15, 0.2) is 6.29 Å². The molecule has 94 valence electrons. The molecule has 2 N–H and O–H groups in total. The number of hydrogen-bond donors (Lipinski definition) is 2. The Kier molecular flexibility index (Phi) is 8.80. The largest absolute Gasteiger partial charge is 0.394 e. The maximum atomic E-state index is 11.3. The van der Waals surface area contributed by atoms with Gasteiger partial charge in [0.2, 0.25) is 5.91 Å². The number of hydrogen-bond acceptors (Lipinski definition) is 4. The second kappa shape index (κ2) is 9.33. The Morgan fingerprint density at radius 3 is 2.81 bits per heavy atom. The molecule has 0 fully saturated rings. The lowest BCUT2D eigenvalue weighted by atomic mass is 10.2. The first-order valence-electron chi connectivity index (χ1n) is 5.39. The number of amides is 1. The number of rotatable bonds is 9. The molecular weight excluding hydrogens is 210 g/mol. The van der Waals surface area contributed by atoms with Gasteiger partial charge in [-0.1, -0.05) is 6.08 Å². The maximum Gasteiger partial charge on any atom is 0.222 e. The van der Waals surface area contributed by atoms with Crippen molar-refractivity contribution >= 4 is 5.91 Å². The lowest BCUT2D eigenvalue weighted by Crippen LogP contribution is -2.33. The van der Waals surface area contributed by atoms with Gasteiger partial charge in [0.1, 0.15) is 0 Å². The predicted molar refractivity (Wildman–Crippen MR) is 60.9 cm³/mol. The number of carbonyl (C=O) groups is 1. The summed E-state index contributed by atoms with van der Waals surface area (Å²) in [6, 6.07) is 0. The summed E-state index contributed by atoms with van der Waals surface area (Å²) in [4.78, 5) is 11.3. The van der Waals surface area contributed by atoms with E-state index in [2.05, 4.69) is 11.9 Å². The van der Waals surface area contributed by atoms with Crippen LogP contribution < -0.4 is 5.32 Å². The van der Waals surface area contributed by atoms with Crippen LogP contribution in [0.1, 0.15) is 20.3 Å². The van der Waals surface area contributed by atoms with E-state index < -0.39 is 12.4 Å². The van der Waals surface area contributed by atoms with Crippen LogP contribution in [-0.4, -0.2) is 43.2 Å². The van der Waals surface area contributed by atoms with Crippen molar-refractivity contribution in [3.63, 3.8) is 0 Å². The molecule has 2 atom stereocenters. The molecule has 0 aromatic carbocycles. The zero-order chi connectivity index (χ0) is 12.4. The molecule has 1 amide bonds. The number of aliphatic hydroxyl groups excluding tert-OH is 1. The fraction of sp³-hybridized carbons (Fsp3) is 0.727. The maximum absolute atomic E-state index is 11.3. The van der Waals surface area contributed by atoms with E-state index in [1.165, 1.54) is 0 Å². The summed E-state index contributed by atoms with van der Waals surface area (Å²) >= 11 is 0. The molecule has 0 radical (unpaired) electrons. The van der Waals surface area contributed by atoms with Crippen molar-refractivity contribution in [1.29, 1.82) is 0 Å². The highest BCUT2D eigenvalue weighted by Crippen LogP contribution is 2.04. The van der Waals surface area contributed by atoms with Gasteiger partial charge >= 0.3 is 0 Å². The fourth-order valence-corrected chi connectivity index (χ4v) is 1.17. The average Bonchev–Trinajstić information content (AvgIpc) is 2.25. The minimum atomic E-state index is -0.536. The number of nitrogens with one attached hydrogen (secondary N) is 1. The van der Waals surface area contributed by atoms with Gasteiger partial charge in [-0.05, 0) is 13.8 Å². The first-order chi connectivity index (χ1) is 7.63. The van der Waals surface area contributed by atoms with Gasteiger partial charge in [-0.25, -0.2) is 0 Å². The molecule has 0 aliphatic carbocycles. The fourth-order valence-electron chi connectivity index (χ4n) is 1.17. The third-order valence-electron chi connectivity index (χ3n) is 1.85. The van der Waals surface area contributed by atoms with Gasteiger partial charge in [0.25, 0.3) is 0 Å². The molecule has 0 aromatic rings. The summed E-state index contributed by atoms with van der Waals surface area (Å²) in [5.74, 6) is -0.178. The van der Waals surface area contributed by atoms with Gasteiger partial charge in [0, 0.05) is 13.2 Å². The van der Waals surface area contributed by atoms with E-state index in [0.717, 1.165) is 0 Å². The van der Waals surface area contributed by atoms with Crippen molar-refractivity contribution in [2.45, 2.75) is 32.7 Å². The molecule has 0 spiro atoms. The summed E-state index contributed by atoms with van der Waals surface area (Å²) in [6.45, 7) is 7.81. The van der Waals surface area contributed by atoms with E-state index in [4.69, 9.17) is 14.6 Å². The molecule has 0 saturated heterocycles. The smallest absolute Gasteiger partial charge is 0.222 e. The van der Waals surface area contributed by atoms with Crippen molar-refractivity contribution < 1.29 is 19.4 Å². The molecule has 0 aliphatic heterocycles. The van der Waals surface area contributed by atoms with E-state index in [0.29, 0.717) is 13.2 Å². The van der Waals surface area contributed by atoms with Gasteiger partial charge in [-0.15, -0.1) is 6.58 Å². The number of ether oxygens (including phenoxy) is 2. The highest BCUT2D eigenvalue weighted by molar-refractivity contribution is 5.76.